The van der Waals surface area contributed by atoms with Crippen LogP contribution in [-0.2, 0) is 0 Å². The van der Waals surface area contributed by atoms with Crippen molar-refractivity contribution in [3.05, 3.63) is 56.5 Å². The number of hydrogen-bond donors (Lipinski definition) is 1. The van der Waals surface area contributed by atoms with E-state index < -0.39 is 10.8 Å². The molecule has 0 atom stereocenters. The number of benzene rings is 2. The molecule has 7 nitrogen and oxygen atoms in total. The quantitative estimate of drug-likeness (QED) is 0.590. The molecule has 0 unspecified atom stereocenters. The minimum absolute atomic E-state index is 0.140. The number of ether oxygens (including phenoxy) is 2. The fourth-order valence-electron chi connectivity index (χ4n) is 2.02. The van der Waals surface area contributed by atoms with Crippen LogP contribution < -0.4 is 14.8 Å². The highest BCUT2D eigenvalue weighted by atomic mass is 79.9. The Balaban J connectivity index is 2.27. The van der Waals surface area contributed by atoms with Crippen LogP contribution in [0.4, 0.5) is 11.4 Å². The number of nitrogens with zero attached hydrogens (tertiary/aromatic N) is 1. The summed E-state index contributed by atoms with van der Waals surface area (Å²) in [6.07, 6.45) is 0. The third-order valence-corrected chi connectivity index (χ3v) is 3.76. The van der Waals surface area contributed by atoms with Gasteiger partial charge in [0.25, 0.3) is 11.6 Å². The van der Waals surface area contributed by atoms with Crippen molar-refractivity contribution in [2.75, 3.05) is 19.0 Å². The lowest BCUT2D eigenvalue weighted by Crippen LogP contribution is -2.13. The average Bonchev–Trinajstić information content (AvgIpc) is 2.56. The van der Waals surface area contributed by atoms with Crippen molar-refractivity contribution >= 4 is 33.2 Å². The summed E-state index contributed by atoms with van der Waals surface area (Å²) >= 11 is 3.34. The molecular formula is C16H15BrN2O5. The number of nitro groups is 1. The predicted octanol–water partition coefficient (Wildman–Crippen LogP) is 4.02. The first-order valence-electron chi connectivity index (χ1n) is 7.02. The van der Waals surface area contributed by atoms with Gasteiger partial charge in [0, 0.05) is 17.7 Å². The molecule has 0 aliphatic rings. The fraction of sp³-hybridized carbons (Fsp3) is 0.188. The lowest BCUT2D eigenvalue weighted by Gasteiger charge is -2.11. The molecule has 126 valence electrons. The summed E-state index contributed by atoms with van der Waals surface area (Å²) in [5.74, 6) is 0.540. The molecule has 0 aromatic heterocycles. The third kappa shape index (κ3) is 4.02. The number of nitro benzene ring substituents is 1. The Hall–Kier alpha value is -2.61. The number of amides is 1. The van der Waals surface area contributed by atoms with Gasteiger partial charge < -0.3 is 14.8 Å². The highest BCUT2D eigenvalue weighted by Crippen LogP contribution is 2.30. The SMILES string of the molecule is CCOc1ccc(C(=O)Nc2cc([N+](=O)[O-])ccc2OC)cc1Br. The number of non-ortho nitro benzene ring substituents is 1. The summed E-state index contributed by atoms with van der Waals surface area (Å²) in [5, 5.41) is 13.5. The molecule has 2 rings (SSSR count). The predicted molar refractivity (Wildman–Crippen MR) is 92.9 cm³/mol. The first kappa shape index (κ1) is 17.7. The molecule has 0 radical (unpaired) electrons. The maximum absolute atomic E-state index is 12.4. The van der Waals surface area contributed by atoms with Crippen molar-refractivity contribution in [2.24, 2.45) is 0 Å². The number of nitrogens with one attached hydrogen (secondary N) is 1. The molecule has 0 heterocycles. The van der Waals surface area contributed by atoms with E-state index in [1.165, 1.54) is 25.3 Å². The van der Waals surface area contributed by atoms with E-state index in [-0.39, 0.29) is 11.4 Å². The Morgan fingerprint density at radius 3 is 2.54 bits per heavy atom. The Morgan fingerprint density at radius 1 is 1.25 bits per heavy atom. The van der Waals surface area contributed by atoms with Crippen LogP contribution in [-0.4, -0.2) is 24.5 Å². The maximum Gasteiger partial charge on any atom is 0.271 e. The van der Waals surface area contributed by atoms with Crippen molar-refractivity contribution in [1.82, 2.24) is 0 Å². The molecule has 1 amide bonds. The van der Waals surface area contributed by atoms with Crippen LogP contribution >= 0.6 is 15.9 Å². The van der Waals surface area contributed by atoms with Crippen LogP contribution in [0.2, 0.25) is 0 Å². The maximum atomic E-state index is 12.4. The van der Waals surface area contributed by atoms with Gasteiger partial charge in [0.15, 0.2) is 0 Å². The molecule has 0 saturated carbocycles. The number of anilines is 1. The minimum atomic E-state index is -0.539. The molecular weight excluding hydrogens is 380 g/mol. The van der Waals surface area contributed by atoms with Crippen LogP contribution in [0.25, 0.3) is 0 Å². The van der Waals surface area contributed by atoms with Crippen molar-refractivity contribution in [1.29, 1.82) is 0 Å². The van der Waals surface area contributed by atoms with Crippen LogP contribution in [0.5, 0.6) is 11.5 Å². The molecule has 0 aliphatic heterocycles. The monoisotopic (exact) mass is 394 g/mol. The van der Waals surface area contributed by atoms with Gasteiger partial charge in [0.05, 0.1) is 28.8 Å². The fourth-order valence-corrected chi connectivity index (χ4v) is 2.51. The van der Waals surface area contributed by atoms with Gasteiger partial charge >= 0.3 is 0 Å². The summed E-state index contributed by atoms with van der Waals surface area (Å²) in [7, 11) is 1.42. The topological polar surface area (TPSA) is 90.7 Å². The lowest BCUT2D eigenvalue weighted by molar-refractivity contribution is -0.384. The van der Waals surface area contributed by atoms with Gasteiger partial charge in [0.2, 0.25) is 0 Å². The van der Waals surface area contributed by atoms with Gasteiger partial charge in [-0.2, -0.15) is 0 Å². The summed E-state index contributed by atoms with van der Waals surface area (Å²) in [5.41, 5.74) is 0.458. The normalized spacial score (nSPS) is 10.1. The summed E-state index contributed by atoms with van der Waals surface area (Å²) in [6, 6.07) is 8.89. The minimum Gasteiger partial charge on any atom is -0.495 e. The zero-order chi connectivity index (χ0) is 17.7. The average molecular weight is 395 g/mol. The second kappa shape index (κ2) is 7.78. The molecule has 2 aromatic carbocycles. The number of methoxy groups -OCH3 is 1. The van der Waals surface area contributed by atoms with Gasteiger partial charge in [-0.3, -0.25) is 14.9 Å². The van der Waals surface area contributed by atoms with Gasteiger partial charge in [-0.25, -0.2) is 0 Å². The van der Waals surface area contributed by atoms with E-state index in [2.05, 4.69) is 21.2 Å². The van der Waals surface area contributed by atoms with Crippen molar-refractivity contribution in [3.8, 4) is 11.5 Å². The number of hydrogen-bond acceptors (Lipinski definition) is 5. The molecule has 0 aliphatic carbocycles. The van der Waals surface area contributed by atoms with Gasteiger partial charge in [-0.05, 0) is 47.1 Å². The summed E-state index contributed by atoms with van der Waals surface area (Å²) < 4.78 is 11.2. The number of halogens is 1. The Labute approximate surface area is 146 Å². The highest BCUT2D eigenvalue weighted by Gasteiger charge is 2.15. The van der Waals surface area contributed by atoms with E-state index in [1.807, 2.05) is 6.92 Å². The van der Waals surface area contributed by atoms with Crippen LogP contribution in [0.3, 0.4) is 0 Å². The Morgan fingerprint density at radius 2 is 1.96 bits per heavy atom. The van der Waals surface area contributed by atoms with Gasteiger partial charge in [0.1, 0.15) is 11.5 Å². The second-order valence-corrected chi connectivity index (χ2v) is 5.53. The molecule has 2 aromatic rings. The molecule has 1 N–H and O–H groups in total. The van der Waals surface area contributed by atoms with E-state index in [9.17, 15) is 14.9 Å². The van der Waals surface area contributed by atoms with E-state index in [1.54, 1.807) is 18.2 Å². The Kier molecular flexibility index (Phi) is 5.75. The zero-order valence-electron chi connectivity index (χ0n) is 13.0. The van der Waals surface area contributed by atoms with E-state index >= 15 is 0 Å². The first-order chi connectivity index (χ1) is 11.5. The van der Waals surface area contributed by atoms with E-state index in [0.29, 0.717) is 28.1 Å². The van der Waals surface area contributed by atoms with Crippen LogP contribution in [0, 0.1) is 10.1 Å². The van der Waals surface area contributed by atoms with Crippen molar-refractivity contribution < 1.29 is 19.2 Å². The highest BCUT2D eigenvalue weighted by molar-refractivity contribution is 9.10. The largest absolute Gasteiger partial charge is 0.495 e. The smallest absolute Gasteiger partial charge is 0.271 e. The van der Waals surface area contributed by atoms with E-state index in [4.69, 9.17) is 9.47 Å². The van der Waals surface area contributed by atoms with Gasteiger partial charge in [-0.15, -0.1) is 0 Å². The summed E-state index contributed by atoms with van der Waals surface area (Å²) in [4.78, 5) is 22.7. The van der Waals surface area contributed by atoms with Crippen molar-refractivity contribution in [2.45, 2.75) is 6.92 Å². The zero-order valence-corrected chi connectivity index (χ0v) is 14.6. The summed E-state index contributed by atoms with van der Waals surface area (Å²) in [6.45, 7) is 2.37. The molecule has 8 heteroatoms. The number of carbonyl (C=O) groups excluding carboxylic acids is 1. The third-order valence-electron chi connectivity index (χ3n) is 3.14. The van der Waals surface area contributed by atoms with Crippen LogP contribution in [0.1, 0.15) is 17.3 Å². The first-order valence-corrected chi connectivity index (χ1v) is 7.81. The van der Waals surface area contributed by atoms with Gasteiger partial charge in [-0.1, -0.05) is 0 Å². The standard InChI is InChI=1S/C16H15BrN2O5/c1-3-24-14-6-4-10(8-12(14)17)16(20)18-13-9-11(19(21)22)5-7-15(13)23-2/h4-9H,3H2,1-2H3,(H,18,20). The number of rotatable bonds is 6. The molecule has 0 spiro atoms. The lowest BCUT2D eigenvalue weighted by atomic mass is 10.2. The van der Waals surface area contributed by atoms with Crippen molar-refractivity contribution in [3.63, 3.8) is 0 Å². The number of carbonyl (C=O) groups is 1. The molecule has 0 fully saturated rings. The molecule has 24 heavy (non-hydrogen) atoms. The second-order valence-electron chi connectivity index (χ2n) is 4.67. The van der Waals surface area contributed by atoms with Crippen LogP contribution in [0.15, 0.2) is 40.9 Å². The molecule has 0 saturated heterocycles. The van der Waals surface area contributed by atoms with E-state index in [0.717, 1.165) is 0 Å². The molecule has 0 bridgehead atoms. The Bertz CT molecular complexity index is 779.